The van der Waals surface area contributed by atoms with Gasteiger partial charge in [-0.05, 0) is 45.7 Å². The zero-order valence-corrected chi connectivity index (χ0v) is 14.3. The Labute approximate surface area is 127 Å². The molecule has 0 saturated heterocycles. The molecule has 5 nitrogen and oxygen atoms in total. The van der Waals surface area contributed by atoms with E-state index in [0.29, 0.717) is 5.69 Å². The summed E-state index contributed by atoms with van der Waals surface area (Å²) in [7, 11) is -3.53. The van der Waals surface area contributed by atoms with Crippen molar-refractivity contribution in [2.24, 2.45) is 0 Å². The number of hydrogen-bond acceptors (Lipinski definition) is 3. The summed E-state index contributed by atoms with van der Waals surface area (Å²) in [5.74, 6) is -0.310. The lowest BCUT2D eigenvalue weighted by Crippen LogP contribution is -2.43. The van der Waals surface area contributed by atoms with Gasteiger partial charge in [-0.3, -0.25) is 9.10 Å². The number of nitrogens with zero attached hydrogens (tertiary/aromatic N) is 1. The second-order valence-corrected chi connectivity index (χ2v) is 7.65. The lowest BCUT2D eigenvalue weighted by Gasteiger charge is -2.26. The molecule has 0 spiro atoms. The molecule has 1 N–H and O–H groups in total. The third-order valence-corrected chi connectivity index (χ3v) is 4.13. The minimum atomic E-state index is -3.53. The van der Waals surface area contributed by atoms with Crippen LogP contribution in [0.1, 0.15) is 30.5 Å². The van der Waals surface area contributed by atoms with Crippen molar-refractivity contribution in [1.29, 1.82) is 0 Å². The highest BCUT2D eigenvalue weighted by Crippen LogP contribution is 2.28. The molecule has 0 fully saturated rings. The van der Waals surface area contributed by atoms with Gasteiger partial charge in [-0.2, -0.15) is 0 Å². The van der Waals surface area contributed by atoms with E-state index in [1.54, 1.807) is 0 Å². The van der Waals surface area contributed by atoms with Crippen molar-refractivity contribution in [1.82, 2.24) is 5.32 Å². The van der Waals surface area contributed by atoms with Crippen molar-refractivity contribution < 1.29 is 13.2 Å². The molecule has 1 aromatic rings. The molecule has 0 bridgehead atoms. The quantitative estimate of drug-likeness (QED) is 0.903. The van der Waals surface area contributed by atoms with E-state index in [0.717, 1.165) is 22.9 Å². The molecule has 0 aliphatic rings. The van der Waals surface area contributed by atoms with Gasteiger partial charge >= 0.3 is 0 Å². The Balaban J connectivity index is 3.26. The summed E-state index contributed by atoms with van der Waals surface area (Å²) in [5, 5.41) is 2.72. The van der Waals surface area contributed by atoms with Gasteiger partial charge in [0.1, 0.15) is 6.54 Å². The first-order valence-electron chi connectivity index (χ1n) is 6.87. The topological polar surface area (TPSA) is 66.5 Å². The number of benzene rings is 1. The lowest BCUT2D eigenvalue weighted by atomic mass is 10.1. The predicted molar refractivity (Wildman–Crippen MR) is 86.1 cm³/mol. The minimum absolute atomic E-state index is 0.0286. The Morgan fingerprint density at radius 1 is 1.19 bits per heavy atom. The van der Waals surface area contributed by atoms with Crippen molar-refractivity contribution in [2.75, 3.05) is 17.1 Å². The molecule has 0 unspecified atom stereocenters. The summed E-state index contributed by atoms with van der Waals surface area (Å²) in [6, 6.07) is 3.81. The van der Waals surface area contributed by atoms with Gasteiger partial charge in [-0.25, -0.2) is 8.42 Å². The maximum atomic E-state index is 12.1. The number of carbonyl (C=O) groups excluding carboxylic acids is 1. The molecular weight excluding hydrogens is 288 g/mol. The van der Waals surface area contributed by atoms with Crippen LogP contribution >= 0.6 is 0 Å². The zero-order chi connectivity index (χ0) is 16.4. The van der Waals surface area contributed by atoms with Crippen LogP contribution in [0, 0.1) is 20.8 Å². The number of sulfonamides is 1. The van der Waals surface area contributed by atoms with Gasteiger partial charge in [0.25, 0.3) is 0 Å². The number of nitrogens with one attached hydrogen (secondary N) is 1. The van der Waals surface area contributed by atoms with Crippen LogP contribution in [-0.2, 0) is 14.8 Å². The van der Waals surface area contributed by atoms with Gasteiger partial charge in [-0.15, -0.1) is 0 Å². The number of rotatable bonds is 5. The minimum Gasteiger partial charge on any atom is -0.352 e. The van der Waals surface area contributed by atoms with E-state index in [4.69, 9.17) is 0 Å². The van der Waals surface area contributed by atoms with Gasteiger partial charge in [-0.1, -0.05) is 17.7 Å². The average Bonchev–Trinajstić information content (AvgIpc) is 2.23. The Morgan fingerprint density at radius 3 is 2.05 bits per heavy atom. The van der Waals surface area contributed by atoms with Crippen molar-refractivity contribution in [3.63, 3.8) is 0 Å². The normalized spacial score (nSPS) is 11.6. The first kappa shape index (κ1) is 17.5. The molecule has 6 heteroatoms. The number of amides is 1. The van der Waals surface area contributed by atoms with E-state index in [9.17, 15) is 13.2 Å². The molecule has 0 aromatic heterocycles. The molecule has 1 amide bonds. The highest BCUT2D eigenvalue weighted by molar-refractivity contribution is 7.92. The predicted octanol–water partition coefficient (Wildman–Crippen LogP) is 1.90. The van der Waals surface area contributed by atoms with Crippen LogP contribution in [-0.4, -0.2) is 33.2 Å². The fraction of sp³-hybridized carbons (Fsp3) is 0.533. The summed E-state index contributed by atoms with van der Waals surface area (Å²) < 4.78 is 25.4. The molecule has 1 aromatic carbocycles. The fourth-order valence-corrected chi connectivity index (χ4v) is 3.40. The number of aryl methyl sites for hydroxylation is 3. The van der Waals surface area contributed by atoms with Crippen LogP contribution in [0.15, 0.2) is 12.1 Å². The molecule has 0 atom stereocenters. The highest BCUT2D eigenvalue weighted by Gasteiger charge is 2.24. The van der Waals surface area contributed by atoms with E-state index in [1.807, 2.05) is 46.8 Å². The second kappa shape index (κ2) is 6.47. The summed E-state index contributed by atoms with van der Waals surface area (Å²) in [5.41, 5.74) is 3.33. The number of anilines is 1. The molecule has 0 aliphatic heterocycles. The monoisotopic (exact) mass is 312 g/mol. The molecule has 0 aliphatic carbocycles. The third kappa shape index (κ3) is 4.74. The Morgan fingerprint density at radius 2 is 1.67 bits per heavy atom. The van der Waals surface area contributed by atoms with E-state index in [2.05, 4.69) is 5.32 Å². The van der Waals surface area contributed by atoms with Crippen LogP contribution in [0.2, 0.25) is 0 Å². The fourth-order valence-electron chi connectivity index (χ4n) is 2.43. The number of carbonyl (C=O) groups is 1. The first-order chi connectivity index (χ1) is 9.52. The third-order valence-electron chi connectivity index (χ3n) is 3.02. The maximum absolute atomic E-state index is 12.1. The molecule has 0 saturated carbocycles. The summed E-state index contributed by atoms with van der Waals surface area (Å²) >= 11 is 0. The van der Waals surface area contributed by atoms with Crippen LogP contribution < -0.4 is 9.62 Å². The van der Waals surface area contributed by atoms with Gasteiger partial charge in [0.2, 0.25) is 15.9 Å². The zero-order valence-electron chi connectivity index (χ0n) is 13.5. The molecular formula is C15H24N2O3S. The molecule has 0 radical (unpaired) electrons. The Bertz CT molecular complexity index is 613. The van der Waals surface area contributed by atoms with Crippen LogP contribution in [0.4, 0.5) is 5.69 Å². The maximum Gasteiger partial charge on any atom is 0.240 e. The van der Waals surface area contributed by atoms with Gasteiger partial charge in [0, 0.05) is 6.04 Å². The molecule has 1 rings (SSSR count). The molecule has 0 heterocycles. The smallest absolute Gasteiger partial charge is 0.240 e. The van der Waals surface area contributed by atoms with Gasteiger partial charge in [0.15, 0.2) is 0 Å². The van der Waals surface area contributed by atoms with Crippen LogP contribution in [0.3, 0.4) is 0 Å². The summed E-state index contributed by atoms with van der Waals surface area (Å²) in [6.45, 7) is 9.14. The lowest BCUT2D eigenvalue weighted by molar-refractivity contribution is -0.120. The second-order valence-electron chi connectivity index (χ2n) is 5.74. The summed E-state index contributed by atoms with van der Waals surface area (Å²) in [4.78, 5) is 12.0. The van der Waals surface area contributed by atoms with E-state index in [1.165, 1.54) is 4.31 Å². The summed E-state index contributed by atoms with van der Waals surface area (Å²) in [6.07, 6.45) is 1.12. The van der Waals surface area contributed by atoms with Crippen molar-refractivity contribution in [2.45, 2.75) is 40.7 Å². The Hall–Kier alpha value is -1.56. The van der Waals surface area contributed by atoms with Crippen molar-refractivity contribution >= 4 is 21.6 Å². The standard InChI is InChI=1S/C15H24N2O3S/c1-10(2)16-14(18)9-17(21(6,19)20)15-12(4)7-11(3)8-13(15)5/h7-8,10H,9H2,1-6H3,(H,16,18). The average molecular weight is 312 g/mol. The highest BCUT2D eigenvalue weighted by atomic mass is 32.2. The van der Waals surface area contributed by atoms with Crippen molar-refractivity contribution in [3.05, 3.63) is 28.8 Å². The van der Waals surface area contributed by atoms with Crippen molar-refractivity contribution in [3.8, 4) is 0 Å². The SMILES string of the molecule is Cc1cc(C)c(N(CC(=O)NC(C)C)S(C)(=O)=O)c(C)c1. The van der Waals surface area contributed by atoms with E-state index in [-0.39, 0.29) is 18.5 Å². The van der Waals surface area contributed by atoms with E-state index >= 15 is 0 Å². The Kier molecular flexibility index (Phi) is 5.39. The molecule has 21 heavy (non-hydrogen) atoms. The van der Waals surface area contributed by atoms with Crippen LogP contribution in [0.5, 0.6) is 0 Å². The largest absolute Gasteiger partial charge is 0.352 e. The van der Waals surface area contributed by atoms with Gasteiger partial charge < -0.3 is 5.32 Å². The first-order valence-corrected chi connectivity index (χ1v) is 8.72. The van der Waals surface area contributed by atoms with Crippen LogP contribution in [0.25, 0.3) is 0 Å². The van der Waals surface area contributed by atoms with E-state index < -0.39 is 10.0 Å². The molecule has 118 valence electrons. The van der Waals surface area contributed by atoms with Gasteiger partial charge in [0.05, 0.1) is 11.9 Å². The number of hydrogen-bond donors (Lipinski definition) is 1.